The number of halogens is 1. The second-order valence-corrected chi connectivity index (χ2v) is 8.07. The van der Waals surface area contributed by atoms with E-state index in [1.807, 2.05) is 78.9 Å². The largest absolute Gasteiger partial charge is 0.497 e. The van der Waals surface area contributed by atoms with Gasteiger partial charge in [0.15, 0.2) is 11.5 Å². The van der Waals surface area contributed by atoms with Crippen molar-refractivity contribution in [1.29, 1.82) is 0 Å². The molecule has 0 aromatic heterocycles. The van der Waals surface area contributed by atoms with Gasteiger partial charge in [0.1, 0.15) is 23.9 Å². The molecule has 4 aromatic carbocycles. The van der Waals surface area contributed by atoms with Crippen LogP contribution >= 0.6 is 11.6 Å². The molecule has 5 nitrogen and oxygen atoms in total. The Morgan fingerprint density at radius 1 is 0.543 bits per heavy atom. The summed E-state index contributed by atoms with van der Waals surface area (Å²) in [5.74, 6) is 3.03. The van der Waals surface area contributed by atoms with Crippen molar-refractivity contribution in [2.75, 3.05) is 28.4 Å². The van der Waals surface area contributed by atoms with Crippen LogP contribution in [0.25, 0.3) is 22.3 Å². The third-order valence-corrected chi connectivity index (χ3v) is 6.06. The van der Waals surface area contributed by atoms with Gasteiger partial charge in [0.2, 0.25) is 0 Å². The normalized spacial score (nSPS) is 10.5. The smallest absolute Gasteiger partial charge is 0.173 e. The molecule has 180 valence electrons. The van der Waals surface area contributed by atoms with Crippen LogP contribution in [-0.4, -0.2) is 28.4 Å². The van der Waals surface area contributed by atoms with Crippen molar-refractivity contribution in [3.63, 3.8) is 0 Å². The van der Waals surface area contributed by atoms with E-state index in [1.54, 1.807) is 28.4 Å². The third-order valence-electron chi connectivity index (χ3n) is 5.70. The Bertz CT molecular complexity index is 1270. The van der Waals surface area contributed by atoms with Crippen LogP contribution in [0.1, 0.15) is 5.56 Å². The molecule has 0 atom stereocenters. The van der Waals surface area contributed by atoms with Crippen molar-refractivity contribution in [2.24, 2.45) is 0 Å². The minimum atomic E-state index is 0.340. The molecule has 0 aliphatic heterocycles. The van der Waals surface area contributed by atoms with E-state index in [0.717, 1.165) is 28.2 Å². The van der Waals surface area contributed by atoms with Gasteiger partial charge in [0.05, 0.1) is 44.6 Å². The molecular weight excluding hydrogens is 464 g/mol. The van der Waals surface area contributed by atoms with Crippen molar-refractivity contribution >= 4 is 11.6 Å². The van der Waals surface area contributed by atoms with Crippen LogP contribution in [-0.2, 0) is 6.61 Å². The number of hydrogen-bond donors (Lipinski definition) is 0. The highest BCUT2D eigenvalue weighted by molar-refractivity contribution is 6.36. The Morgan fingerprint density at radius 2 is 1.06 bits per heavy atom. The zero-order valence-electron chi connectivity index (χ0n) is 20.1. The van der Waals surface area contributed by atoms with Crippen molar-refractivity contribution in [3.05, 3.63) is 89.4 Å². The van der Waals surface area contributed by atoms with E-state index in [2.05, 4.69) is 0 Å². The summed E-state index contributed by atoms with van der Waals surface area (Å²) in [6.45, 7) is 0.340. The van der Waals surface area contributed by atoms with E-state index >= 15 is 0 Å². The summed E-state index contributed by atoms with van der Waals surface area (Å²) >= 11 is 6.99. The van der Waals surface area contributed by atoms with Crippen LogP contribution < -0.4 is 23.7 Å². The van der Waals surface area contributed by atoms with Crippen LogP contribution in [0.4, 0.5) is 0 Å². The quantitative estimate of drug-likeness (QED) is 0.246. The molecule has 0 saturated carbocycles. The molecule has 6 heteroatoms. The molecule has 0 unspecified atom stereocenters. The Labute approximate surface area is 210 Å². The lowest BCUT2D eigenvalue weighted by atomic mass is 9.96. The summed E-state index contributed by atoms with van der Waals surface area (Å²) in [7, 11) is 6.47. The van der Waals surface area contributed by atoms with Gasteiger partial charge in [-0.2, -0.15) is 0 Å². The van der Waals surface area contributed by atoms with Crippen LogP contribution in [0.5, 0.6) is 28.7 Å². The third kappa shape index (κ3) is 5.00. The summed E-state index contributed by atoms with van der Waals surface area (Å²) in [6, 6.07) is 25.2. The summed E-state index contributed by atoms with van der Waals surface area (Å²) in [6.07, 6.45) is 0. The molecule has 0 heterocycles. The Balaban J connectivity index is 1.96. The van der Waals surface area contributed by atoms with Gasteiger partial charge in [-0.25, -0.2) is 0 Å². The molecule has 0 saturated heterocycles. The van der Waals surface area contributed by atoms with Crippen LogP contribution in [0.3, 0.4) is 0 Å². The van der Waals surface area contributed by atoms with E-state index in [4.69, 9.17) is 35.3 Å². The molecule has 0 radical (unpaired) electrons. The molecule has 4 rings (SSSR count). The fraction of sp³-hybridized carbons (Fsp3) is 0.172. The number of ether oxygens (including phenoxy) is 5. The van der Waals surface area contributed by atoms with Crippen LogP contribution in [0.2, 0.25) is 5.02 Å². The second kappa shape index (κ2) is 11.1. The van der Waals surface area contributed by atoms with E-state index < -0.39 is 0 Å². The van der Waals surface area contributed by atoms with Gasteiger partial charge in [0.25, 0.3) is 0 Å². The highest BCUT2D eigenvalue weighted by Crippen LogP contribution is 2.55. The zero-order chi connectivity index (χ0) is 24.8. The van der Waals surface area contributed by atoms with Crippen LogP contribution in [0, 0.1) is 0 Å². The first-order chi connectivity index (χ1) is 17.1. The van der Waals surface area contributed by atoms with Gasteiger partial charge >= 0.3 is 0 Å². The minimum Gasteiger partial charge on any atom is -0.497 e. The first-order valence-corrected chi connectivity index (χ1v) is 11.4. The summed E-state index contributed by atoms with van der Waals surface area (Å²) in [5.41, 5.74) is 4.10. The van der Waals surface area contributed by atoms with Crippen LogP contribution in [0.15, 0.2) is 78.9 Å². The van der Waals surface area contributed by atoms with Crippen molar-refractivity contribution < 1.29 is 23.7 Å². The molecule has 35 heavy (non-hydrogen) atoms. The zero-order valence-corrected chi connectivity index (χ0v) is 20.9. The molecular formula is C29H27ClO5. The molecule has 0 aliphatic rings. The fourth-order valence-corrected chi connectivity index (χ4v) is 4.31. The molecule has 0 aliphatic carbocycles. The van der Waals surface area contributed by atoms with Gasteiger partial charge in [-0.3, -0.25) is 0 Å². The van der Waals surface area contributed by atoms with E-state index in [-0.39, 0.29) is 0 Å². The first kappa shape index (κ1) is 24.3. The van der Waals surface area contributed by atoms with E-state index in [1.165, 1.54) is 0 Å². The topological polar surface area (TPSA) is 46.2 Å². The highest BCUT2D eigenvalue weighted by Gasteiger charge is 2.28. The number of rotatable bonds is 9. The van der Waals surface area contributed by atoms with Crippen molar-refractivity contribution in [2.45, 2.75) is 6.61 Å². The maximum Gasteiger partial charge on any atom is 0.173 e. The predicted octanol–water partition coefficient (Wildman–Crippen LogP) is 7.29. The lowest BCUT2D eigenvalue weighted by Gasteiger charge is -2.23. The SMILES string of the molecule is COc1ccc(-c2c(Cl)c(OC)c(-c3ccc(OC)cc3)c(OCc3ccccc3)c2OC)cc1. The molecule has 0 fully saturated rings. The molecule has 0 N–H and O–H groups in total. The lowest BCUT2D eigenvalue weighted by molar-refractivity contribution is 0.284. The summed E-state index contributed by atoms with van der Waals surface area (Å²) in [4.78, 5) is 0. The number of methoxy groups -OCH3 is 4. The number of hydrogen-bond acceptors (Lipinski definition) is 5. The van der Waals surface area contributed by atoms with Gasteiger partial charge in [0, 0.05) is 0 Å². The van der Waals surface area contributed by atoms with Gasteiger partial charge in [-0.15, -0.1) is 0 Å². The maximum absolute atomic E-state index is 6.99. The average molecular weight is 491 g/mol. The average Bonchev–Trinajstić information content (AvgIpc) is 2.92. The van der Waals surface area contributed by atoms with Gasteiger partial charge in [-0.1, -0.05) is 66.2 Å². The number of benzene rings is 4. The fourth-order valence-electron chi connectivity index (χ4n) is 3.94. The lowest BCUT2D eigenvalue weighted by Crippen LogP contribution is -2.04. The molecule has 0 bridgehead atoms. The van der Waals surface area contributed by atoms with E-state index in [9.17, 15) is 0 Å². The summed E-state index contributed by atoms with van der Waals surface area (Å²) < 4.78 is 28.9. The molecule has 0 spiro atoms. The first-order valence-electron chi connectivity index (χ1n) is 11.0. The highest BCUT2D eigenvalue weighted by atomic mass is 35.5. The Kier molecular flexibility index (Phi) is 7.68. The summed E-state index contributed by atoms with van der Waals surface area (Å²) in [5, 5.41) is 0.424. The predicted molar refractivity (Wildman–Crippen MR) is 139 cm³/mol. The second-order valence-electron chi connectivity index (χ2n) is 7.69. The van der Waals surface area contributed by atoms with Crippen molar-refractivity contribution in [3.8, 4) is 51.0 Å². The Hall–Kier alpha value is -3.83. The maximum atomic E-state index is 6.99. The van der Waals surface area contributed by atoms with Crippen molar-refractivity contribution in [1.82, 2.24) is 0 Å². The van der Waals surface area contributed by atoms with Gasteiger partial charge < -0.3 is 23.7 Å². The minimum absolute atomic E-state index is 0.340. The Morgan fingerprint density at radius 3 is 1.54 bits per heavy atom. The monoisotopic (exact) mass is 490 g/mol. The van der Waals surface area contributed by atoms with Gasteiger partial charge in [-0.05, 0) is 41.0 Å². The molecule has 0 amide bonds. The standard InChI is InChI=1S/C29H27ClO5/c1-31-22-14-10-20(11-15-22)24-26(30)27(33-3)25(21-12-16-23(32-2)17-13-21)29(28(24)34-4)35-18-19-8-6-5-7-9-19/h5-17H,18H2,1-4H3. The van der Waals surface area contributed by atoms with E-state index in [0.29, 0.717) is 40.0 Å². The molecule has 4 aromatic rings.